The number of fused-ring (bicyclic) bond motifs is 3. The third kappa shape index (κ3) is 2.91. The number of allylic oxidation sites excluding steroid dienone is 2. The van der Waals surface area contributed by atoms with E-state index in [0.717, 1.165) is 13.0 Å². The van der Waals surface area contributed by atoms with E-state index in [0.29, 0.717) is 11.8 Å². The molecule has 24 heavy (non-hydrogen) atoms. The summed E-state index contributed by atoms with van der Waals surface area (Å²) in [5, 5.41) is 2.69. The summed E-state index contributed by atoms with van der Waals surface area (Å²) in [5.74, 6) is 1.13. The number of benzene rings is 2. The molecule has 0 aliphatic heterocycles. The molecular formula is C23H27N. The Morgan fingerprint density at radius 2 is 1.83 bits per heavy atom. The number of rotatable bonds is 6. The second-order valence-electron chi connectivity index (χ2n) is 6.69. The Labute approximate surface area is 145 Å². The Bertz CT molecular complexity index is 882. The quantitative estimate of drug-likeness (QED) is 0.447. The number of hydrogen-bond acceptors (Lipinski definition) is 0. The number of hydrogen-bond donors (Lipinski definition) is 0. The molecule has 1 nitrogen and oxygen atoms in total. The van der Waals surface area contributed by atoms with Gasteiger partial charge in [0.25, 0.3) is 0 Å². The molecule has 0 spiro atoms. The van der Waals surface area contributed by atoms with Crippen LogP contribution in [0.4, 0.5) is 0 Å². The molecule has 2 aromatic carbocycles. The van der Waals surface area contributed by atoms with E-state index in [2.05, 4.69) is 92.6 Å². The third-order valence-corrected chi connectivity index (χ3v) is 5.13. The van der Waals surface area contributed by atoms with Crippen molar-refractivity contribution in [2.75, 3.05) is 0 Å². The zero-order valence-corrected chi connectivity index (χ0v) is 15.0. The molecule has 1 heterocycles. The Morgan fingerprint density at radius 1 is 1.08 bits per heavy atom. The summed E-state index contributed by atoms with van der Waals surface area (Å²) in [7, 11) is 0. The lowest BCUT2D eigenvalue weighted by molar-refractivity contribution is 0.374. The third-order valence-electron chi connectivity index (χ3n) is 5.13. The van der Waals surface area contributed by atoms with Crippen molar-refractivity contribution in [3.05, 3.63) is 66.8 Å². The van der Waals surface area contributed by atoms with Crippen molar-refractivity contribution in [1.82, 2.24) is 4.57 Å². The lowest BCUT2D eigenvalue weighted by atomic mass is 9.91. The van der Waals surface area contributed by atoms with Crippen molar-refractivity contribution in [3.8, 4) is 0 Å². The lowest BCUT2D eigenvalue weighted by Gasteiger charge is -2.21. The first-order valence-electron chi connectivity index (χ1n) is 8.95. The van der Waals surface area contributed by atoms with Crippen molar-refractivity contribution in [1.29, 1.82) is 0 Å². The second kappa shape index (κ2) is 7.09. The van der Waals surface area contributed by atoms with Gasteiger partial charge in [-0.1, -0.05) is 56.3 Å². The van der Waals surface area contributed by atoms with Gasteiger partial charge in [-0.2, -0.15) is 0 Å². The molecule has 0 fully saturated rings. The zero-order chi connectivity index (χ0) is 17.1. The molecule has 0 radical (unpaired) electrons. The molecule has 0 bridgehead atoms. The van der Waals surface area contributed by atoms with Gasteiger partial charge >= 0.3 is 0 Å². The molecule has 3 rings (SSSR count). The van der Waals surface area contributed by atoms with Crippen molar-refractivity contribution in [2.24, 2.45) is 11.8 Å². The van der Waals surface area contributed by atoms with Crippen LogP contribution in [0.15, 0.2) is 61.2 Å². The Hall–Kier alpha value is -2.28. The van der Waals surface area contributed by atoms with Gasteiger partial charge in [0.2, 0.25) is 0 Å². The van der Waals surface area contributed by atoms with Gasteiger partial charge < -0.3 is 4.57 Å². The van der Waals surface area contributed by atoms with E-state index in [9.17, 15) is 0 Å². The summed E-state index contributed by atoms with van der Waals surface area (Å²) in [6.07, 6.45) is 7.52. The van der Waals surface area contributed by atoms with Crippen molar-refractivity contribution in [3.63, 3.8) is 0 Å². The van der Waals surface area contributed by atoms with E-state index in [1.807, 2.05) is 0 Å². The first-order valence-corrected chi connectivity index (χ1v) is 8.95. The molecule has 124 valence electrons. The normalized spacial score (nSPS) is 14.5. The molecule has 3 aromatic rings. The summed E-state index contributed by atoms with van der Waals surface area (Å²) < 4.78 is 2.49. The van der Waals surface area contributed by atoms with E-state index in [1.54, 1.807) is 0 Å². The van der Waals surface area contributed by atoms with Gasteiger partial charge in [0.15, 0.2) is 0 Å². The van der Waals surface area contributed by atoms with Gasteiger partial charge in [0, 0.05) is 28.4 Å². The predicted octanol–water partition coefficient (Wildman–Crippen LogP) is 6.68. The minimum Gasteiger partial charge on any atom is -0.340 e. The standard InChI is InChI=1S/C23H27N/c1-5-10-18-13-14-23-21(15-18)20-11-8-9-12-22(20)24(23)16-17(4)19(6-2)7-3/h5-6,8-15,17,19H,2,7,16H2,1,3-4H3/b10-5+. The van der Waals surface area contributed by atoms with Crippen LogP contribution >= 0.6 is 0 Å². The molecule has 2 unspecified atom stereocenters. The van der Waals surface area contributed by atoms with Crippen LogP contribution < -0.4 is 0 Å². The summed E-state index contributed by atoms with van der Waals surface area (Å²) in [5.41, 5.74) is 3.92. The fourth-order valence-electron chi connectivity index (χ4n) is 3.79. The van der Waals surface area contributed by atoms with Crippen LogP contribution in [0, 0.1) is 11.8 Å². The number of para-hydroxylation sites is 1. The predicted molar refractivity (Wildman–Crippen MR) is 107 cm³/mol. The molecular weight excluding hydrogens is 290 g/mol. The van der Waals surface area contributed by atoms with Crippen LogP contribution in [0.25, 0.3) is 27.9 Å². The molecule has 0 aliphatic carbocycles. The van der Waals surface area contributed by atoms with Gasteiger partial charge in [0.1, 0.15) is 0 Å². The minimum absolute atomic E-state index is 0.559. The Balaban J connectivity index is 2.16. The van der Waals surface area contributed by atoms with Crippen LogP contribution in [0.5, 0.6) is 0 Å². The molecule has 2 atom stereocenters. The first-order chi connectivity index (χ1) is 11.7. The summed E-state index contributed by atoms with van der Waals surface area (Å²) in [6.45, 7) is 11.7. The van der Waals surface area contributed by atoms with Crippen LogP contribution in [-0.4, -0.2) is 4.57 Å². The molecule has 0 saturated heterocycles. The highest BCUT2D eigenvalue weighted by Crippen LogP contribution is 2.32. The van der Waals surface area contributed by atoms with E-state index >= 15 is 0 Å². The Kier molecular flexibility index (Phi) is 4.89. The van der Waals surface area contributed by atoms with E-state index in [-0.39, 0.29) is 0 Å². The average molecular weight is 317 g/mol. The maximum absolute atomic E-state index is 4.02. The summed E-state index contributed by atoms with van der Waals surface area (Å²) in [4.78, 5) is 0. The molecule has 0 N–H and O–H groups in total. The van der Waals surface area contributed by atoms with Crippen LogP contribution in [0.3, 0.4) is 0 Å². The molecule has 0 aliphatic rings. The van der Waals surface area contributed by atoms with E-state index < -0.39 is 0 Å². The molecule has 0 saturated carbocycles. The fraction of sp³-hybridized carbons (Fsp3) is 0.304. The SMILES string of the molecule is C=CC(CC)C(C)Cn1c2ccccc2c2cc(/C=C/C)ccc21. The summed E-state index contributed by atoms with van der Waals surface area (Å²) in [6, 6.07) is 15.6. The smallest absolute Gasteiger partial charge is 0.0491 e. The van der Waals surface area contributed by atoms with Gasteiger partial charge in [-0.05, 0) is 48.9 Å². The highest BCUT2D eigenvalue weighted by atomic mass is 15.0. The first kappa shape index (κ1) is 16.6. The average Bonchev–Trinajstić information content (AvgIpc) is 2.90. The number of aromatic nitrogens is 1. The zero-order valence-electron chi connectivity index (χ0n) is 15.0. The Morgan fingerprint density at radius 3 is 2.54 bits per heavy atom. The van der Waals surface area contributed by atoms with Crippen molar-refractivity contribution < 1.29 is 0 Å². The molecule has 0 amide bonds. The van der Waals surface area contributed by atoms with Gasteiger partial charge in [-0.15, -0.1) is 6.58 Å². The van der Waals surface area contributed by atoms with Crippen LogP contribution in [0.1, 0.15) is 32.8 Å². The minimum atomic E-state index is 0.559. The van der Waals surface area contributed by atoms with Crippen LogP contribution in [0.2, 0.25) is 0 Å². The maximum atomic E-state index is 4.02. The lowest BCUT2D eigenvalue weighted by Crippen LogP contribution is -2.15. The fourth-order valence-corrected chi connectivity index (χ4v) is 3.79. The van der Waals surface area contributed by atoms with Crippen LogP contribution in [-0.2, 0) is 6.54 Å². The van der Waals surface area contributed by atoms with E-state index in [1.165, 1.54) is 27.4 Å². The number of nitrogens with zero attached hydrogens (tertiary/aromatic N) is 1. The highest BCUT2D eigenvalue weighted by molar-refractivity contribution is 6.08. The largest absolute Gasteiger partial charge is 0.340 e. The van der Waals surface area contributed by atoms with Gasteiger partial charge in [-0.3, -0.25) is 0 Å². The van der Waals surface area contributed by atoms with E-state index in [4.69, 9.17) is 0 Å². The second-order valence-corrected chi connectivity index (χ2v) is 6.69. The molecule has 1 heteroatoms. The van der Waals surface area contributed by atoms with Crippen molar-refractivity contribution in [2.45, 2.75) is 33.7 Å². The van der Waals surface area contributed by atoms with Gasteiger partial charge in [-0.25, -0.2) is 0 Å². The summed E-state index contributed by atoms with van der Waals surface area (Å²) >= 11 is 0. The maximum Gasteiger partial charge on any atom is 0.0491 e. The highest BCUT2D eigenvalue weighted by Gasteiger charge is 2.16. The van der Waals surface area contributed by atoms with Gasteiger partial charge in [0.05, 0.1) is 0 Å². The molecule has 1 aromatic heterocycles. The topological polar surface area (TPSA) is 4.93 Å². The monoisotopic (exact) mass is 317 g/mol. The van der Waals surface area contributed by atoms with Crippen molar-refractivity contribution >= 4 is 27.9 Å².